The standard InChI is InChI=1S/C28H31N9O3/c1-3-28(38)33-25-15-23(35-13-11-34(4-2)12-14-35)9-10-26(25)36(30)27-16-24(21(17-29)19-32-27)31-18-20-5-7-22(8-6-20)37(39)40/h3,5-10,15-16,19H,1,4,11-14,18,30H2,2H3,(H,31,32)(H,33,38). The van der Waals surface area contributed by atoms with Gasteiger partial charge in [0.05, 0.1) is 27.5 Å². The molecule has 2 aromatic carbocycles. The minimum Gasteiger partial charge on any atom is -0.380 e. The minimum atomic E-state index is -0.458. The van der Waals surface area contributed by atoms with Gasteiger partial charge in [0.15, 0.2) is 0 Å². The van der Waals surface area contributed by atoms with Gasteiger partial charge in [-0.1, -0.05) is 25.6 Å². The number of hydrogen-bond acceptors (Lipinski definition) is 10. The first-order valence-corrected chi connectivity index (χ1v) is 12.8. The summed E-state index contributed by atoms with van der Waals surface area (Å²) in [5, 5.41) is 27.9. The van der Waals surface area contributed by atoms with Crippen molar-refractivity contribution in [2.75, 3.05) is 53.3 Å². The van der Waals surface area contributed by atoms with Crippen molar-refractivity contribution in [2.45, 2.75) is 13.5 Å². The fourth-order valence-corrected chi connectivity index (χ4v) is 4.40. The minimum absolute atomic E-state index is 0.0000200. The van der Waals surface area contributed by atoms with E-state index in [1.54, 1.807) is 18.2 Å². The molecular weight excluding hydrogens is 510 g/mol. The van der Waals surface area contributed by atoms with Crippen molar-refractivity contribution in [2.24, 2.45) is 5.84 Å². The van der Waals surface area contributed by atoms with Crippen LogP contribution < -0.4 is 26.4 Å². The third kappa shape index (κ3) is 6.52. The quantitative estimate of drug-likeness (QED) is 0.149. The Bertz CT molecular complexity index is 1430. The second-order valence-electron chi connectivity index (χ2n) is 9.16. The van der Waals surface area contributed by atoms with Gasteiger partial charge in [-0.2, -0.15) is 5.26 Å². The Kier molecular flexibility index (Phi) is 8.90. The van der Waals surface area contributed by atoms with Crippen LogP contribution in [0.3, 0.4) is 0 Å². The number of amides is 1. The lowest BCUT2D eigenvalue weighted by molar-refractivity contribution is -0.384. The number of aromatic nitrogens is 1. The SMILES string of the molecule is C=CC(=O)Nc1cc(N2CCN(CC)CC2)ccc1N(N)c1cc(NCc2ccc([N+](=O)[O-])cc2)c(C#N)cn1. The summed E-state index contributed by atoms with van der Waals surface area (Å²) in [6.07, 6.45) is 2.61. The lowest BCUT2D eigenvalue weighted by atomic mass is 10.1. The zero-order valence-corrected chi connectivity index (χ0v) is 22.2. The van der Waals surface area contributed by atoms with E-state index >= 15 is 0 Å². The largest absolute Gasteiger partial charge is 0.380 e. The Morgan fingerprint density at radius 3 is 2.55 bits per heavy atom. The van der Waals surface area contributed by atoms with Gasteiger partial charge in [0.1, 0.15) is 11.9 Å². The summed E-state index contributed by atoms with van der Waals surface area (Å²) in [6, 6.07) is 15.6. The number of pyridine rings is 1. The number of nitro benzene ring substituents is 1. The number of hydrogen-bond donors (Lipinski definition) is 3. The highest BCUT2D eigenvalue weighted by Crippen LogP contribution is 2.34. The molecule has 4 rings (SSSR count). The average Bonchev–Trinajstić information content (AvgIpc) is 2.99. The predicted molar refractivity (Wildman–Crippen MR) is 155 cm³/mol. The maximum absolute atomic E-state index is 12.3. The first-order chi connectivity index (χ1) is 19.3. The van der Waals surface area contributed by atoms with Crippen LogP contribution in [0.2, 0.25) is 0 Å². The van der Waals surface area contributed by atoms with Crippen molar-refractivity contribution < 1.29 is 9.72 Å². The predicted octanol–water partition coefficient (Wildman–Crippen LogP) is 3.75. The molecule has 1 aliphatic rings. The van der Waals surface area contributed by atoms with Crippen LogP contribution in [0.5, 0.6) is 0 Å². The normalized spacial score (nSPS) is 13.3. The Morgan fingerprint density at radius 2 is 1.93 bits per heavy atom. The summed E-state index contributed by atoms with van der Waals surface area (Å²) in [4.78, 5) is 31.7. The van der Waals surface area contributed by atoms with E-state index in [-0.39, 0.29) is 11.6 Å². The average molecular weight is 542 g/mol. The molecule has 40 heavy (non-hydrogen) atoms. The number of carbonyl (C=O) groups is 1. The van der Waals surface area contributed by atoms with Crippen LogP contribution >= 0.6 is 0 Å². The van der Waals surface area contributed by atoms with Gasteiger partial charge < -0.3 is 20.4 Å². The van der Waals surface area contributed by atoms with Crippen LogP contribution in [-0.4, -0.2) is 53.4 Å². The van der Waals surface area contributed by atoms with Crippen LogP contribution in [0.1, 0.15) is 18.1 Å². The van der Waals surface area contributed by atoms with Gasteiger partial charge in [-0.05, 0) is 36.4 Å². The van der Waals surface area contributed by atoms with Gasteiger partial charge in [0, 0.05) is 62.8 Å². The molecule has 0 bridgehead atoms. The molecule has 3 aromatic rings. The summed E-state index contributed by atoms with van der Waals surface area (Å²) >= 11 is 0. The smallest absolute Gasteiger partial charge is 0.269 e. The van der Waals surface area contributed by atoms with Crippen LogP contribution in [-0.2, 0) is 11.3 Å². The van der Waals surface area contributed by atoms with E-state index in [0.29, 0.717) is 35.0 Å². The number of likely N-dealkylation sites (N-methyl/N-ethyl adjacent to an activating group) is 1. The number of carbonyl (C=O) groups excluding carboxylic acids is 1. The highest BCUT2D eigenvalue weighted by molar-refractivity contribution is 6.02. The fraction of sp³-hybridized carbons (Fsp3) is 0.250. The Labute approximate surface area is 232 Å². The molecule has 0 unspecified atom stereocenters. The van der Waals surface area contributed by atoms with E-state index in [4.69, 9.17) is 5.84 Å². The summed E-state index contributed by atoms with van der Waals surface area (Å²) in [6.45, 7) is 10.7. The third-order valence-corrected chi connectivity index (χ3v) is 6.75. The highest BCUT2D eigenvalue weighted by atomic mass is 16.6. The number of nitriles is 1. The second kappa shape index (κ2) is 12.7. The second-order valence-corrected chi connectivity index (χ2v) is 9.16. The Hall–Kier alpha value is -4.99. The molecule has 12 nitrogen and oxygen atoms in total. The van der Waals surface area contributed by atoms with Crippen LogP contribution in [0.15, 0.2) is 67.4 Å². The molecule has 1 aromatic heterocycles. The van der Waals surface area contributed by atoms with Gasteiger partial charge in [-0.3, -0.25) is 19.9 Å². The number of rotatable bonds is 10. The zero-order chi connectivity index (χ0) is 28.6. The molecular formula is C28H31N9O3. The topological polar surface area (TPSA) is 157 Å². The van der Waals surface area contributed by atoms with E-state index in [1.165, 1.54) is 29.4 Å². The number of nitro groups is 1. The number of hydrazine groups is 1. The number of benzene rings is 2. The molecule has 1 amide bonds. The third-order valence-electron chi connectivity index (χ3n) is 6.75. The van der Waals surface area contributed by atoms with Gasteiger partial charge in [-0.15, -0.1) is 0 Å². The molecule has 206 valence electrons. The van der Waals surface area contributed by atoms with Crippen molar-refractivity contribution in [3.63, 3.8) is 0 Å². The van der Waals surface area contributed by atoms with Crippen molar-refractivity contribution in [3.8, 4) is 6.07 Å². The van der Waals surface area contributed by atoms with Crippen LogP contribution in [0, 0.1) is 21.4 Å². The van der Waals surface area contributed by atoms with Crippen molar-refractivity contribution in [1.29, 1.82) is 5.26 Å². The van der Waals surface area contributed by atoms with Crippen LogP contribution in [0.4, 0.5) is 34.3 Å². The first kappa shape index (κ1) is 28.0. The molecule has 12 heteroatoms. The lowest BCUT2D eigenvalue weighted by Gasteiger charge is -2.36. The molecule has 1 saturated heterocycles. The molecule has 1 fully saturated rings. The molecule has 0 aliphatic carbocycles. The number of piperazine rings is 1. The van der Waals surface area contributed by atoms with Gasteiger partial charge >= 0.3 is 0 Å². The molecule has 0 atom stereocenters. The van der Waals surface area contributed by atoms with E-state index in [9.17, 15) is 20.2 Å². The molecule has 0 radical (unpaired) electrons. The Balaban J connectivity index is 1.59. The highest BCUT2D eigenvalue weighted by Gasteiger charge is 2.20. The maximum atomic E-state index is 12.3. The first-order valence-electron chi connectivity index (χ1n) is 12.8. The van der Waals surface area contributed by atoms with Crippen molar-refractivity contribution in [3.05, 3.63) is 88.6 Å². The Morgan fingerprint density at radius 1 is 1.20 bits per heavy atom. The zero-order valence-electron chi connectivity index (χ0n) is 22.2. The molecule has 1 aliphatic heterocycles. The van der Waals surface area contributed by atoms with Gasteiger partial charge in [0.25, 0.3) is 5.69 Å². The number of nitrogens with zero attached hydrogens (tertiary/aromatic N) is 6. The lowest BCUT2D eigenvalue weighted by Crippen LogP contribution is -2.46. The van der Waals surface area contributed by atoms with Crippen LogP contribution in [0.25, 0.3) is 0 Å². The van der Waals surface area contributed by atoms with Gasteiger partial charge in [-0.25, -0.2) is 10.8 Å². The van der Waals surface area contributed by atoms with E-state index in [0.717, 1.165) is 44.0 Å². The molecule has 4 N–H and O–H groups in total. The van der Waals surface area contributed by atoms with Crippen molar-refractivity contribution >= 4 is 40.2 Å². The summed E-state index contributed by atoms with van der Waals surface area (Å²) in [7, 11) is 0. The monoisotopic (exact) mass is 541 g/mol. The maximum Gasteiger partial charge on any atom is 0.269 e. The number of anilines is 5. The number of nitrogens with one attached hydrogen (secondary N) is 2. The van der Waals surface area contributed by atoms with Crippen molar-refractivity contribution in [1.82, 2.24) is 9.88 Å². The molecule has 2 heterocycles. The van der Waals surface area contributed by atoms with E-state index in [1.807, 2.05) is 18.2 Å². The number of nitrogens with two attached hydrogens (primary N) is 1. The fourth-order valence-electron chi connectivity index (χ4n) is 4.40. The summed E-state index contributed by atoms with van der Waals surface area (Å²) in [5.41, 5.74) is 3.55. The molecule has 0 spiro atoms. The van der Waals surface area contributed by atoms with Gasteiger partial charge in [0.2, 0.25) is 5.91 Å². The number of non-ortho nitro benzene ring substituents is 1. The van der Waals surface area contributed by atoms with E-state index < -0.39 is 4.92 Å². The summed E-state index contributed by atoms with van der Waals surface area (Å²) < 4.78 is 0. The summed E-state index contributed by atoms with van der Waals surface area (Å²) in [5.74, 6) is 6.47. The van der Waals surface area contributed by atoms with E-state index in [2.05, 4.69) is 45.0 Å². The molecule has 0 saturated carbocycles.